The quantitative estimate of drug-likeness (QED) is 0.853. The van der Waals surface area contributed by atoms with Crippen LogP contribution in [0.25, 0.3) is 0 Å². The van der Waals surface area contributed by atoms with E-state index in [9.17, 15) is 13.6 Å². The lowest BCUT2D eigenvalue weighted by atomic mass is 9.86. The molecule has 28 heavy (non-hydrogen) atoms. The molecule has 2 aromatic carbocycles. The molecule has 2 aliphatic heterocycles. The summed E-state index contributed by atoms with van der Waals surface area (Å²) in [6, 6.07) is 10.7. The third kappa shape index (κ3) is 2.97. The van der Waals surface area contributed by atoms with Crippen LogP contribution in [-0.4, -0.2) is 29.1 Å². The van der Waals surface area contributed by atoms with Crippen molar-refractivity contribution >= 4 is 22.7 Å². The second-order valence-electron chi connectivity index (χ2n) is 6.77. The van der Waals surface area contributed by atoms with Crippen molar-refractivity contribution in [3.63, 3.8) is 0 Å². The monoisotopic (exact) mass is 403 g/mol. The molecule has 146 valence electrons. The van der Waals surface area contributed by atoms with E-state index in [-0.39, 0.29) is 11.8 Å². The van der Waals surface area contributed by atoms with Crippen LogP contribution < -0.4 is 10.5 Å². The lowest BCUT2D eigenvalue weighted by Crippen LogP contribution is -2.51. The third-order valence-corrected chi connectivity index (χ3v) is 6.50. The van der Waals surface area contributed by atoms with Crippen molar-refractivity contribution < 1.29 is 18.3 Å². The maximum atomic E-state index is 13.8. The first kappa shape index (κ1) is 18.9. The number of hydrazone groups is 1. The van der Waals surface area contributed by atoms with Crippen molar-refractivity contribution in [1.82, 2.24) is 5.01 Å². The number of hydrogen-bond acceptors (Lipinski definition) is 5. The Bertz CT molecular complexity index is 948. The van der Waals surface area contributed by atoms with Crippen LogP contribution in [-0.2, 0) is 9.67 Å². The molecule has 2 atom stereocenters. The lowest BCUT2D eigenvalue weighted by Gasteiger charge is -2.45. The zero-order chi connectivity index (χ0) is 19.9. The molecule has 4 rings (SSSR count). The van der Waals surface area contributed by atoms with Gasteiger partial charge in [0.25, 0.3) is 0 Å². The Morgan fingerprint density at radius 2 is 2.04 bits per heavy atom. The molecule has 1 spiro atoms. The van der Waals surface area contributed by atoms with E-state index in [2.05, 4.69) is 5.10 Å². The molecule has 0 saturated heterocycles. The van der Waals surface area contributed by atoms with E-state index in [0.29, 0.717) is 35.9 Å². The first-order chi connectivity index (χ1) is 13.5. The number of thioether (sulfide) groups is 1. The Balaban J connectivity index is 1.88. The molecule has 0 radical (unpaired) electrons. The van der Waals surface area contributed by atoms with Gasteiger partial charge >= 0.3 is 0 Å². The Labute approximate surface area is 165 Å². The number of rotatable bonds is 3. The van der Waals surface area contributed by atoms with Gasteiger partial charge in [-0.05, 0) is 31.2 Å². The average molecular weight is 403 g/mol. The maximum Gasteiger partial charge on any atom is 0.241 e. The van der Waals surface area contributed by atoms with E-state index >= 15 is 0 Å². The molecule has 2 unspecified atom stereocenters. The number of benzene rings is 2. The van der Waals surface area contributed by atoms with Gasteiger partial charge in [0.2, 0.25) is 5.91 Å². The molecule has 0 fully saturated rings. The summed E-state index contributed by atoms with van der Waals surface area (Å²) in [5.41, 5.74) is 6.93. The summed E-state index contributed by atoms with van der Waals surface area (Å²) < 4.78 is 33.5. The number of carbonyl (C=O) groups excluding carboxylic acids is 1. The number of halogens is 2. The number of amides is 1. The minimum atomic E-state index is -0.877. The molecular formula is C20H19F2N3O2S. The zero-order valence-electron chi connectivity index (χ0n) is 15.2. The Kier molecular flexibility index (Phi) is 4.84. The van der Waals surface area contributed by atoms with E-state index in [4.69, 9.17) is 10.5 Å². The number of carbonyl (C=O) groups is 1. The number of hydrogen-bond donors (Lipinski definition) is 1. The molecule has 5 nitrogen and oxygen atoms in total. The molecule has 8 heteroatoms. The molecular weight excluding hydrogens is 384 g/mol. The first-order valence-electron chi connectivity index (χ1n) is 8.93. The first-order valence-corrected chi connectivity index (χ1v) is 9.74. The van der Waals surface area contributed by atoms with Gasteiger partial charge in [-0.25, -0.2) is 13.8 Å². The van der Waals surface area contributed by atoms with E-state index in [1.807, 2.05) is 24.3 Å². The zero-order valence-corrected chi connectivity index (χ0v) is 16.0. The van der Waals surface area contributed by atoms with Crippen LogP contribution in [0.2, 0.25) is 0 Å². The molecule has 2 aromatic rings. The fourth-order valence-corrected chi connectivity index (χ4v) is 5.33. The number of ether oxygens (including phenoxy) is 1. The SMILES string of the molecule is CC(=O)N1N=C(c2cc(F)cc(F)c2)SC12c1ccccc1OCC2CCN. The number of para-hydroxylation sites is 1. The predicted molar refractivity (Wildman–Crippen MR) is 104 cm³/mol. The topological polar surface area (TPSA) is 67.9 Å². The van der Waals surface area contributed by atoms with Crippen molar-refractivity contribution in [2.24, 2.45) is 16.8 Å². The van der Waals surface area contributed by atoms with Gasteiger partial charge < -0.3 is 10.5 Å². The fraction of sp³-hybridized carbons (Fsp3) is 0.300. The van der Waals surface area contributed by atoms with Gasteiger partial charge in [0.1, 0.15) is 22.4 Å². The number of fused-ring (bicyclic) bond motifs is 2. The van der Waals surface area contributed by atoms with Crippen LogP contribution in [0, 0.1) is 17.6 Å². The van der Waals surface area contributed by atoms with Crippen molar-refractivity contribution in [3.05, 3.63) is 65.2 Å². The van der Waals surface area contributed by atoms with Crippen LogP contribution in [0.4, 0.5) is 8.78 Å². The summed E-state index contributed by atoms with van der Waals surface area (Å²) in [6.45, 7) is 2.21. The minimum absolute atomic E-state index is 0.138. The Morgan fingerprint density at radius 3 is 2.71 bits per heavy atom. The largest absolute Gasteiger partial charge is 0.493 e. The smallest absolute Gasteiger partial charge is 0.241 e. The molecule has 0 saturated carbocycles. The highest BCUT2D eigenvalue weighted by molar-refractivity contribution is 8.15. The molecule has 2 heterocycles. The second-order valence-corrected chi connectivity index (χ2v) is 7.99. The van der Waals surface area contributed by atoms with Crippen LogP contribution in [0.15, 0.2) is 47.6 Å². The van der Waals surface area contributed by atoms with Gasteiger partial charge in [0.05, 0.1) is 6.61 Å². The minimum Gasteiger partial charge on any atom is -0.493 e. The van der Waals surface area contributed by atoms with Crippen LogP contribution in [0.5, 0.6) is 5.75 Å². The highest BCUT2D eigenvalue weighted by Gasteiger charge is 2.56. The van der Waals surface area contributed by atoms with Crippen molar-refractivity contribution in [3.8, 4) is 5.75 Å². The van der Waals surface area contributed by atoms with Gasteiger partial charge in [-0.3, -0.25) is 4.79 Å². The Hall–Kier alpha value is -2.45. The molecule has 0 aromatic heterocycles. The lowest BCUT2D eigenvalue weighted by molar-refractivity contribution is -0.134. The number of nitrogens with two attached hydrogens (primary N) is 1. The van der Waals surface area contributed by atoms with Crippen molar-refractivity contribution in [2.45, 2.75) is 18.2 Å². The van der Waals surface area contributed by atoms with Crippen molar-refractivity contribution in [2.75, 3.05) is 13.2 Å². The summed E-state index contributed by atoms with van der Waals surface area (Å²) in [4.78, 5) is 11.7. The number of nitrogens with zero attached hydrogens (tertiary/aromatic N) is 2. The molecule has 1 amide bonds. The predicted octanol–water partition coefficient (Wildman–Crippen LogP) is 3.43. The Morgan fingerprint density at radius 1 is 1.32 bits per heavy atom. The normalized spacial score (nSPS) is 23.4. The molecule has 0 aliphatic carbocycles. The van der Waals surface area contributed by atoms with E-state index in [0.717, 1.165) is 11.6 Å². The highest BCUT2D eigenvalue weighted by atomic mass is 32.2. The summed E-state index contributed by atoms with van der Waals surface area (Å²) in [5, 5.41) is 6.28. The maximum absolute atomic E-state index is 13.8. The second kappa shape index (κ2) is 7.18. The van der Waals surface area contributed by atoms with Gasteiger partial charge in [-0.2, -0.15) is 5.10 Å². The molecule has 2 aliphatic rings. The van der Waals surface area contributed by atoms with E-state index < -0.39 is 16.5 Å². The van der Waals surface area contributed by atoms with E-state index in [1.165, 1.54) is 35.8 Å². The average Bonchev–Trinajstić information content (AvgIpc) is 3.05. The fourth-order valence-electron chi connectivity index (χ4n) is 3.79. The van der Waals surface area contributed by atoms with E-state index in [1.54, 1.807) is 0 Å². The van der Waals surface area contributed by atoms with Crippen molar-refractivity contribution in [1.29, 1.82) is 0 Å². The van der Waals surface area contributed by atoms with Crippen LogP contribution >= 0.6 is 11.8 Å². The van der Waals surface area contributed by atoms with Crippen LogP contribution in [0.3, 0.4) is 0 Å². The van der Waals surface area contributed by atoms with Crippen LogP contribution in [0.1, 0.15) is 24.5 Å². The van der Waals surface area contributed by atoms with Gasteiger partial charge in [0, 0.05) is 30.0 Å². The highest BCUT2D eigenvalue weighted by Crippen LogP contribution is 2.57. The standard InChI is InChI=1S/C20H19F2N3O2S/c1-12(26)25-20(28-19(24-25)13-8-15(21)10-16(22)9-13)14(6-7-23)11-27-18-5-3-2-4-17(18)20/h2-5,8-10,14H,6-7,11,23H2,1H3. The summed E-state index contributed by atoms with van der Waals surface area (Å²) in [5.74, 6) is -1.13. The summed E-state index contributed by atoms with van der Waals surface area (Å²) >= 11 is 1.32. The third-order valence-electron chi connectivity index (χ3n) is 4.95. The van der Waals surface area contributed by atoms with Gasteiger partial charge in [0.15, 0.2) is 4.87 Å². The van der Waals surface area contributed by atoms with Gasteiger partial charge in [-0.1, -0.05) is 30.0 Å². The molecule has 2 N–H and O–H groups in total. The molecule has 0 bridgehead atoms. The summed E-state index contributed by atoms with van der Waals surface area (Å²) in [6.07, 6.45) is 0.603. The van der Waals surface area contributed by atoms with Gasteiger partial charge in [-0.15, -0.1) is 0 Å². The summed E-state index contributed by atoms with van der Waals surface area (Å²) in [7, 11) is 0.